The fraction of sp³-hybridized carbons (Fsp3) is 0.278. The normalized spacial score (nSPS) is 10.7. The van der Waals surface area contributed by atoms with Gasteiger partial charge in [-0.1, -0.05) is 17.7 Å². The lowest BCUT2D eigenvalue weighted by atomic mass is 10.2. The Hall–Kier alpha value is -2.80. The Morgan fingerprint density at radius 2 is 2.00 bits per heavy atom. The Kier molecular flexibility index (Phi) is 5.58. The highest BCUT2D eigenvalue weighted by Gasteiger charge is 2.10. The zero-order valence-corrected chi connectivity index (χ0v) is 15.4. The molecule has 2 heterocycles. The largest absolute Gasteiger partial charge is 0.470 e. The van der Waals surface area contributed by atoms with E-state index >= 15 is 0 Å². The van der Waals surface area contributed by atoms with Crippen LogP contribution in [0.15, 0.2) is 42.7 Å². The zero-order valence-electron chi connectivity index (χ0n) is 14.6. The number of aryl methyl sites for hydroxylation is 2. The molecular weight excluding hydrogens is 354 g/mol. The number of halogens is 1. The molecule has 8 heteroatoms. The number of aromatic nitrogens is 4. The molecule has 136 valence electrons. The first-order valence-electron chi connectivity index (χ1n) is 8.28. The minimum atomic E-state index is -0.261. The molecule has 1 amide bonds. The van der Waals surface area contributed by atoms with Gasteiger partial charge >= 0.3 is 0 Å². The van der Waals surface area contributed by atoms with Gasteiger partial charge in [0.05, 0.1) is 17.3 Å². The standard InChI is InChI=1S/C18H20ClN5O2/c1-3-23-8-6-14(21-23)11-20-18(25)16-7-9-24(22-16)12-26-17-10-13(2)4-5-15(17)19/h4-10H,3,11-12H2,1-2H3,(H,20,25). The van der Waals surface area contributed by atoms with Crippen molar-refractivity contribution in [1.29, 1.82) is 0 Å². The van der Waals surface area contributed by atoms with E-state index in [1.54, 1.807) is 23.0 Å². The summed E-state index contributed by atoms with van der Waals surface area (Å²) in [7, 11) is 0. The number of ether oxygens (including phenoxy) is 1. The summed E-state index contributed by atoms with van der Waals surface area (Å²) < 4.78 is 9.02. The SMILES string of the molecule is CCn1ccc(CNC(=O)c2ccn(COc3cc(C)ccc3Cl)n2)n1. The van der Waals surface area contributed by atoms with Crippen molar-refractivity contribution in [3.8, 4) is 5.75 Å². The molecule has 0 aliphatic rings. The third kappa shape index (κ3) is 4.43. The van der Waals surface area contributed by atoms with E-state index in [1.807, 2.05) is 42.9 Å². The monoisotopic (exact) mass is 373 g/mol. The van der Waals surface area contributed by atoms with Crippen molar-refractivity contribution in [2.75, 3.05) is 0 Å². The van der Waals surface area contributed by atoms with Gasteiger partial charge in [0.15, 0.2) is 6.73 Å². The number of rotatable bonds is 7. The maximum absolute atomic E-state index is 12.2. The van der Waals surface area contributed by atoms with Crippen molar-refractivity contribution in [1.82, 2.24) is 24.9 Å². The molecule has 0 unspecified atom stereocenters. The van der Waals surface area contributed by atoms with Crippen LogP contribution in [0.25, 0.3) is 0 Å². The van der Waals surface area contributed by atoms with Crippen LogP contribution in [0.2, 0.25) is 5.02 Å². The maximum Gasteiger partial charge on any atom is 0.272 e. The van der Waals surface area contributed by atoms with Crippen molar-refractivity contribution < 1.29 is 9.53 Å². The molecule has 0 saturated heterocycles. The number of carbonyl (C=O) groups is 1. The molecule has 0 atom stereocenters. The van der Waals surface area contributed by atoms with E-state index in [0.717, 1.165) is 17.8 Å². The highest BCUT2D eigenvalue weighted by atomic mass is 35.5. The number of hydrogen-bond acceptors (Lipinski definition) is 4. The molecule has 3 rings (SSSR count). The van der Waals surface area contributed by atoms with E-state index < -0.39 is 0 Å². The minimum absolute atomic E-state index is 0.164. The molecule has 0 bridgehead atoms. The average Bonchev–Trinajstić information content (AvgIpc) is 3.29. The Balaban J connectivity index is 1.55. The van der Waals surface area contributed by atoms with Gasteiger partial charge in [0.1, 0.15) is 11.4 Å². The van der Waals surface area contributed by atoms with Crippen LogP contribution in [0, 0.1) is 6.92 Å². The quantitative estimate of drug-likeness (QED) is 0.690. The molecule has 0 saturated carbocycles. The average molecular weight is 374 g/mol. The fourth-order valence-electron chi connectivity index (χ4n) is 2.35. The molecule has 0 aliphatic carbocycles. The summed E-state index contributed by atoms with van der Waals surface area (Å²) >= 11 is 6.10. The van der Waals surface area contributed by atoms with Crippen LogP contribution < -0.4 is 10.1 Å². The Labute approximate surface area is 156 Å². The van der Waals surface area contributed by atoms with Gasteiger partial charge in [-0.2, -0.15) is 10.2 Å². The van der Waals surface area contributed by atoms with Gasteiger partial charge in [0.2, 0.25) is 0 Å². The highest BCUT2D eigenvalue weighted by Crippen LogP contribution is 2.25. The second-order valence-corrected chi connectivity index (χ2v) is 6.20. The van der Waals surface area contributed by atoms with E-state index in [0.29, 0.717) is 23.0 Å². The molecule has 0 radical (unpaired) electrons. The summed E-state index contributed by atoms with van der Waals surface area (Å²) in [4.78, 5) is 12.2. The summed E-state index contributed by atoms with van der Waals surface area (Å²) in [6, 6.07) is 9.07. The molecular formula is C18H20ClN5O2. The second-order valence-electron chi connectivity index (χ2n) is 5.79. The van der Waals surface area contributed by atoms with Gasteiger partial charge in [-0.3, -0.25) is 9.48 Å². The number of benzene rings is 1. The number of nitrogens with one attached hydrogen (secondary N) is 1. The zero-order chi connectivity index (χ0) is 18.5. The summed E-state index contributed by atoms with van der Waals surface area (Å²) in [5, 5.41) is 11.9. The molecule has 26 heavy (non-hydrogen) atoms. The Morgan fingerprint density at radius 1 is 1.19 bits per heavy atom. The lowest BCUT2D eigenvalue weighted by Crippen LogP contribution is -2.24. The summed E-state index contributed by atoms with van der Waals surface area (Å²) in [5.74, 6) is 0.322. The Morgan fingerprint density at radius 3 is 2.77 bits per heavy atom. The van der Waals surface area contributed by atoms with E-state index in [1.165, 1.54) is 0 Å². The predicted octanol–water partition coefficient (Wildman–Crippen LogP) is 3.03. The summed E-state index contributed by atoms with van der Waals surface area (Å²) in [6.07, 6.45) is 3.56. The number of hydrogen-bond donors (Lipinski definition) is 1. The first kappa shape index (κ1) is 18.0. The molecule has 7 nitrogen and oxygen atoms in total. The number of carbonyl (C=O) groups excluding carboxylic acids is 1. The second kappa shape index (κ2) is 8.05. The minimum Gasteiger partial charge on any atom is -0.470 e. The van der Waals surface area contributed by atoms with Gasteiger partial charge in [-0.05, 0) is 43.7 Å². The van der Waals surface area contributed by atoms with Crippen LogP contribution in [0.4, 0.5) is 0 Å². The van der Waals surface area contributed by atoms with Crippen molar-refractivity contribution in [3.63, 3.8) is 0 Å². The fourth-order valence-corrected chi connectivity index (χ4v) is 2.52. The smallest absolute Gasteiger partial charge is 0.272 e. The van der Waals surface area contributed by atoms with Crippen LogP contribution in [0.3, 0.4) is 0 Å². The van der Waals surface area contributed by atoms with Crippen LogP contribution in [0.5, 0.6) is 5.75 Å². The molecule has 3 aromatic rings. The third-order valence-electron chi connectivity index (χ3n) is 3.76. The molecule has 1 N–H and O–H groups in total. The van der Waals surface area contributed by atoms with E-state index in [4.69, 9.17) is 16.3 Å². The lowest BCUT2D eigenvalue weighted by molar-refractivity contribution is 0.0943. The van der Waals surface area contributed by atoms with Crippen LogP contribution in [-0.4, -0.2) is 25.5 Å². The third-order valence-corrected chi connectivity index (χ3v) is 4.07. The van der Waals surface area contributed by atoms with Gasteiger partial charge in [-0.15, -0.1) is 0 Å². The Bertz CT molecular complexity index is 903. The first-order valence-corrected chi connectivity index (χ1v) is 8.66. The predicted molar refractivity (Wildman–Crippen MR) is 98.1 cm³/mol. The van der Waals surface area contributed by atoms with Gasteiger partial charge < -0.3 is 10.1 Å². The van der Waals surface area contributed by atoms with Crippen molar-refractivity contribution >= 4 is 17.5 Å². The van der Waals surface area contributed by atoms with E-state index in [-0.39, 0.29) is 12.6 Å². The summed E-state index contributed by atoms with van der Waals surface area (Å²) in [6.45, 7) is 5.28. The molecule has 0 aliphatic heterocycles. The summed E-state index contributed by atoms with van der Waals surface area (Å²) in [5.41, 5.74) is 2.17. The lowest BCUT2D eigenvalue weighted by Gasteiger charge is -2.08. The van der Waals surface area contributed by atoms with Gasteiger partial charge in [0.25, 0.3) is 5.91 Å². The van der Waals surface area contributed by atoms with Gasteiger partial charge in [0, 0.05) is 18.9 Å². The molecule has 1 aromatic carbocycles. The van der Waals surface area contributed by atoms with Gasteiger partial charge in [-0.25, -0.2) is 4.68 Å². The number of nitrogens with zero attached hydrogens (tertiary/aromatic N) is 4. The van der Waals surface area contributed by atoms with E-state index in [2.05, 4.69) is 15.5 Å². The van der Waals surface area contributed by atoms with Crippen LogP contribution in [-0.2, 0) is 19.8 Å². The van der Waals surface area contributed by atoms with Crippen molar-refractivity contribution in [2.45, 2.75) is 33.7 Å². The highest BCUT2D eigenvalue weighted by molar-refractivity contribution is 6.32. The maximum atomic E-state index is 12.2. The van der Waals surface area contributed by atoms with Crippen molar-refractivity contribution in [3.05, 3.63) is 64.7 Å². The van der Waals surface area contributed by atoms with Crippen LogP contribution >= 0.6 is 11.6 Å². The molecule has 0 spiro atoms. The topological polar surface area (TPSA) is 74.0 Å². The van der Waals surface area contributed by atoms with Crippen molar-refractivity contribution in [2.24, 2.45) is 0 Å². The van der Waals surface area contributed by atoms with Crippen LogP contribution in [0.1, 0.15) is 28.7 Å². The molecule has 0 fully saturated rings. The number of amides is 1. The van der Waals surface area contributed by atoms with E-state index in [9.17, 15) is 4.79 Å². The first-order chi connectivity index (χ1) is 12.5. The molecule has 2 aromatic heterocycles.